The van der Waals surface area contributed by atoms with E-state index in [1.165, 1.54) is 6.42 Å². The first-order valence-electron chi connectivity index (χ1n) is 7.25. The number of rotatable bonds is 9. The zero-order valence-electron chi connectivity index (χ0n) is 12.8. The van der Waals surface area contributed by atoms with Crippen LogP contribution in [0.4, 0.5) is 0 Å². The summed E-state index contributed by atoms with van der Waals surface area (Å²) in [5, 5.41) is 8.18. The molecule has 0 saturated carbocycles. The topological polar surface area (TPSA) is 51.0 Å². The first-order chi connectivity index (χ1) is 9.08. The van der Waals surface area contributed by atoms with Crippen LogP contribution < -0.4 is 5.32 Å². The number of nitrogens with one attached hydrogen (secondary N) is 1. The van der Waals surface area contributed by atoms with Crippen LogP contribution in [0, 0.1) is 0 Å². The average molecular weight is 285 g/mol. The Kier molecular flexibility index (Phi) is 7.46. The molecule has 0 aliphatic carbocycles. The standard InChI is InChI=1S/C14H27N3OS/c1-6-8-15-12(5)11(4)14-16-13(17-18-14)9-19-10(3)7-2/h10-12,15H,6-9H2,1-5H3. The van der Waals surface area contributed by atoms with Gasteiger partial charge in [0.15, 0.2) is 5.82 Å². The molecule has 1 aromatic rings. The smallest absolute Gasteiger partial charge is 0.231 e. The quantitative estimate of drug-likeness (QED) is 0.751. The summed E-state index contributed by atoms with van der Waals surface area (Å²) in [6.45, 7) is 11.9. The van der Waals surface area contributed by atoms with Crippen LogP contribution >= 0.6 is 11.8 Å². The number of hydrogen-bond acceptors (Lipinski definition) is 5. The van der Waals surface area contributed by atoms with E-state index in [-0.39, 0.29) is 5.92 Å². The monoisotopic (exact) mass is 285 g/mol. The molecule has 3 unspecified atom stereocenters. The van der Waals surface area contributed by atoms with Gasteiger partial charge in [0.25, 0.3) is 0 Å². The molecule has 19 heavy (non-hydrogen) atoms. The van der Waals surface area contributed by atoms with E-state index in [4.69, 9.17) is 4.52 Å². The average Bonchev–Trinajstić information content (AvgIpc) is 2.89. The molecule has 4 nitrogen and oxygen atoms in total. The molecule has 3 atom stereocenters. The van der Waals surface area contributed by atoms with Gasteiger partial charge in [-0.2, -0.15) is 16.7 Å². The predicted octanol–water partition coefficient (Wildman–Crippen LogP) is 3.59. The molecular formula is C14H27N3OS. The summed E-state index contributed by atoms with van der Waals surface area (Å²) >= 11 is 1.88. The van der Waals surface area contributed by atoms with Gasteiger partial charge >= 0.3 is 0 Å². The fourth-order valence-corrected chi connectivity index (χ4v) is 2.39. The maximum Gasteiger partial charge on any atom is 0.231 e. The van der Waals surface area contributed by atoms with Crippen molar-refractivity contribution in [2.75, 3.05) is 6.54 Å². The van der Waals surface area contributed by atoms with Crippen LogP contribution in [0.2, 0.25) is 0 Å². The zero-order chi connectivity index (χ0) is 14.3. The number of aromatic nitrogens is 2. The van der Waals surface area contributed by atoms with E-state index >= 15 is 0 Å². The van der Waals surface area contributed by atoms with Crippen molar-refractivity contribution in [2.24, 2.45) is 0 Å². The van der Waals surface area contributed by atoms with Crippen molar-refractivity contribution < 1.29 is 4.52 Å². The largest absolute Gasteiger partial charge is 0.339 e. The second kappa shape index (κ2) is 8.59. The van der Waals surface area contributed by atoms with E-state index in [9.17, 15) is 0 Å². The van der Waals surface area contributed by atoms with Crippen LogP contribution in [0.5, 0.6) is 0 Å². The van der Waals surface area contributed by atoms with Crippen molar-refractivity contribution in [3.8, 4) is 0 Å². The lowest BCUT2D eigenvalue weighted by atomic mass is 10.0. The van der Waals surface area contributed by atoms with Gasteiger partial charge in [-0.25, -0.2) is 0 Å². The Labute approximate surface area is 121 Å². The Morgan fingerprint density at radius 3 is 2.63 bits per heavy atom. The normalized spacial score (nSPS) is 16.3. The molecule has 110 valence electrons. The van der Waals surface area contributed by atoms with E-state index in [2.05, 4.69) is 50.1 Å². The molecule has 0 bridgehead atoms. The Morgan fingerprint density at radius 2 is 2.00 bits per heavy atom. The molecule has 0 radical (unpaired) electrons. The highest BCUT2D eigenvalue weighted by atomic mass is 32.2. The fraction of sp³-hybridized carbons (Fsp3) is 0.857. The van der Waals surface area contributed by atoms with Gasteiger partial charge in [0, 0.05) is 11.3 Å². The minimum absolute atomic E-state index is 0.251. The van der Waals surface area contributed by atoms with Gasteiger partial charge in [0.2, 0.25) is 5.89 Å². The van der Waals surface area contributed by atoms with Crippen molar-refractivity contribution in [3.05, 3.63) is 11.7 Å². The summed E-state index contributed by atoms with van der Waals surface area (Å²) in [5.74, 6) is 2.65. The maximum absolute atomic E-state index is 5.38. The van der Waals surface area contributed by atoms with Crippen LogP contribution in [0.15, 0.2) is 4.52 Å². The molecule has 0 aromatic carbocycles. The van der Waals surface area contributed by atoms with E-state index in [0.29, 0.717) is 11.3 Å². The van der Waals surface area contributed by atoms with Crippen LogP contribution in [0.3, 0.4) is 0 Å². The van der Waals surface area contributed by atoms with E-state index in [1.54, 1.807) is 0 Å². The molecule has 0 amide bonds. The van der Waals surface area contributed by atoms with Gasteiger partial charge in [0.1, 0.15) is 0 Å². The zero-order valence-corrected chi connectivity index (χ0v) is 13.6. The minimum Gasteiger partial charge on any atom is -0.339 e. The van der Waals surface area contributed by atoms with Gasteiger partial charge in [0.05, 0.1) is 11.7 Å². The Balaban J connectivity index is 2.48. The molecule has 1 heterocycles. The molecule has 1 rings (SSSR count). The molecule has 0 spiro atoms. The molecule has 0 fully saturated rings. The highest BCUT2D eigenvalue weighted by molar-refractivity contribution is 7.99. The van der Waals surface area contributed by atoms with Crippen molar-refractivity contribution in [1.29, 1.82) is 0 Å². The first-order valence-corrected chi connectivity index (χ1v) is 8.30. The second-order valence-electron chi connectivity index (χ2n) is 5.11. The third kappa shape index (κ3) is 5.53. The minimum atomic E-state index is 0.251. The lowest BCUT2D eigenvalue weighted by molar-refractivity contribution is 0.329. The Morgan fingerprint density at radius 1 is 1.26 bits per heavy atom. The van der Waals surface area contributed by atoms with Gasteiger partial charge in [-0.1, -0.05) is 32.9 Å². The second-order valence-corrected chi connectivity index (χ2v) is 6.54. The van der Waals surface area contributed by atoms with E-state index in [0.717, 1.165) is 30.4 Å². The van der Waals surface area contributed by atoms with Crippen molar-refractivity contribution in [2.45, 2.75) is 70.4 Å². The lowest BCUT2D eigenvalue weighted by Gasteiger charge is -2.17. The molecule has 0 saturated heterocycles. The molecule has 1 aromatic heterocycles. The SMILES string of the molecule is CCCNC(C)C(C)c1nc(CSC(C)CC)no1. The van der Waals surface area contributed by atoms with Crippen LogP contribution in [-0.4, -0.2) is 28.0 Å². The number of hydrogen-bond donors (Lipinski definition) is 1. The summed E-state index contributed by atoms with van der Waals surface area (Å²) < 4.78 is 5.38. The number of nitrogens with zero attached hydrogens (tertiary/aromatic N) is 2. The third-order valence-electron chi connectivity index (χ3n) is 3.41. The van der Waals surface area contributed by atoms with Crippen LogP contribution in [0.25, 0.3) is 0 Å². The molecule has 0 aliphatic heterocycles. The number of thioether (sulfide) groups is 1. The van der Waals surface area contributed by atoms with Crippen molar-refractivity contribution in [1.82, 2.24) is 15.5 Å². The van der Waals surface area contributed by atoms with Gasteiger partial charge in [-0.05, 0) is 26.3 Å². The summed E-state index contributed by atoms with van der Waals surface area (Å²) in [5.41, 5.74) is 0. The van der Waals surface area contributed by atoms with Gasteiger partial charge < -0.3 is 9.84 Å². The Bertz CT molecular complexity index is 356. The third-order valence-corrected chi connectivity index (χ3v) is 4.74. The molecule has 0 aliphatic rings. The van der Waals surface area contributed by atoms with Gasteiger partial charge in [-0.15, -0.1) is 0 Å². The van der Waals surface area contributed by atoms with E-state index < -0.39 is 0 Å². The maximum atomic E-state index is 5.38. The molecule has 1 N–H and O–H groups in total. The highest BCUT2D eigenvalue weighted by Gasteiger charge is 2.20. The predicted molar refractivity (Wildman–Crippen MR) is 81.5 cm³/mol. The highest BCUT2D eigenvalue weighted by Crippen LogP contribution is 2.21. The molecular weight excluding hydrogens is 258 g/mol. The van der Waals surface area contributed by atoms with Crippen molar-refractivity contribution >= 4 is 11.8 Å². The summed E-state index contributed by atoms with van der Waals surface area (Å²) in [4.78, 5) is 4.51. The Hall–Kier alpha value is -0.550. The van der Waals surface area contributed by atoms with Gasteiger partial charge in [-0.3, -0.25) is 0 Å². The summed E-state index contributed by atoms with van der Waals surface area (Å²) in [6.07, 6.45) is 2.31. The lowest BCUT2D eigenvalue weighted by Crippen LogP contribution is -2.31. The van der Waals surface area contributed by atoms with Crippen LogP contribution in [-0.2, 0) is 5.75 Å². The molecule has 5 heteroatoms. The fourth-order valence-electron chi connectivity index (χ4n) is 1.61. The van der Waals surface area contributed by atoms with E-state index in [1.807, 2.05) is 11.8 Å². The van der Waals surface area contributed by atoms with Crippen molar-refractivity contribution in [3.63, 3.8) is 0 Å². The first kappa shape index (κ1) is 16.5. The summed E-state index contributed by atoms with van der Waals surface area (Å²) in [7, 11) is 0. The summed E-state index contributed by atoms with van der Waals surface area (Å²) in [6, 6.07) is 0.357. The van der Waals surface area contributed by atoms with Crippen LogP contribution in [0.1, 0.15) is 65.1 Å².